The van der Waals surface area contributed by atoms with Crippen LogP contribution in [0.4, 0.5) is 60.8 Å². The van der Waals surface area contributed by atoms with E-state index in [0.717, 1.165) is 134 Å². The number of piperazine rings is 2. The lowest BCUT2D eigenvalue weighted by atomic mass is 10.0. The number of likely N-dealkylation sites (N-methyl/N-ethyl adjacent to an activating group) is 2. The second-order valence-corrected chi connectivity index (χ2v) is 31.7. The second kappa shape index (κ2) is 35.6. The highest BCUT2D eigenvalue weighted by molar-refractivity contribution is 7.92. The lowest BCUT2D eigenvalue weighted by Gasteiger charge is -2.34. The molecule has 3 saturated heterocycles. The molecule has 7 aromatic carbocycles. The van der Waals surface area contributed by atoms with Crippen molar-refractivity contribution in [2.45, 2.75) is 88.7 Å². The number of nitrogens with zero attached hydrogens (tertiary/aromatic N) is 12. The van der Waals surface area contributed by atoms with E-state index in [9.17, 15) is 36.9 Å². The van der Waals surface area contributed by atoms with Crippen molar-refractivity contribution in [2.75, 3.05) is 112 Å². The maximum absolute atomic E-state index is 14.9. The minimum absolute atomic E-state index is 0.00349. The van der Waals surface area contributed by atoms with Crippen LogP contribution in [0.3, 0.4) is 0 Å². The molecule has 3 aromatic heterocycles. The Labute approximate surface area is 640 Å². The number of likely N-dealkylation sites (tertiary alicyclic amines) is 1. The number of benzene rings is 7. The van der Waals surface area contributed by atoms with Crippen LogP contribution < -0.4 is 31.1 Å². The highest BCUT2D eigenvalue weighted by Gasteiger charge is 2.49. The number of anilines is 8. The molecule has 6 heterocycles. The molecule has 4 fully saturated rings. The van der Waals surface area contributed by atoms with Gasteiger partial charge in [-0.2, -0.15) is 0 Å². The Kier molecular flexibility index (Phi) is 25.4. The number of amides is 1. The summed E-state index contributed by atoms with van der Waals surface area (Å²) in [5, 5.41) is 23.9. The summed E-state index contributed by atoms with van der Waals surface area (Å²) >= 11 is 6.36. The standard InChI is InChI=1S/C30H35ClFN5O3S.C30H30FN5O.C23H26N6O2/c1-19-17-33-29(35-23-5-6-24(26(32)16-23)28(38)34-22-8-12-37(3)13-9-22)36-27(19)15-20-4-7-25(31)21(14-20)18-41(39,40)30(2)10-11-30;1-35-15-17-36(18-16-35)26-13-11-25(12-14-26)33-30-32-21-27(31)28(34-30)19-23-7-9-24(10-8-23)29(37)20-22-5-3-2-4-6-22;1-17-16-24-23(26-22(17)15-18-4-3-5-21(14-18)29(30)31)25-19-6-8-20(9-7-19)28-12-10-27(2)11-13-28/h4-7,14,16-17,22H,8-13,15,18H2,1-3H3,(H,34,38)(H,33,35,36);2-14,21H,15-20H2,1H3,(H,32,33,34);3-9,14,16H,10-13,15H2,1-2H3,(H,24,25,26). The number of Topliss-reactive ketones (excluding diaryl/α,β-unsaturated/α-hetero) is 1. The molecule has 0 atom stereocenters. The van der Waals surface area contributed by atoms with E-state index >= 15 is 0 Å². The number of rotatable bonds is 23. The predicted octanol–water partition coefficient (Wildman–Crippen LogP) is 14.1. The third-order valence-electron chi connectivity index (χ3n) is 20.4. The number of nitrogens with one attached hydrogen (secondary N) is 4. The molecular formula is C83H91ClF2N16O6S. The predicted molar refractivity (Wildman–Crippen MR) is 426 cm³/mol. The number of carbonyl (C=O) groups excluding carboxylic acids is 2. The van der Waals surface area contributed by atoms with Gasteiger partial charge in [-0.05, 0) is 192 Å². The molecule has 4 aliphatic rings. The molecule has 0 radical (unpaired) electrons. The molecule has 109 heavy (non-hydrogen) atoms. The average molecular weight is 1510 g/mol. The lowest BCUT2D eigenvalue weighted by molar-refractivity contribution is -0.384. The molecule has 0 bridgehead atoms. The third kappa shape index (κ3) is 21.4. The molecule has 14 rings (SSSR count). The Morgan fingerprint density at radius 1 is 0.550 bits per heavy atom. The average Bonchev–Trinajstić information content (AvgIpc) is 1.61. The van der Waals surface area contributed by atoms with Gasteiger partial charge in [-0.15, -0.1) is 0 Å². The van der Waals surface area contributed by atoms with Crippen molar-refractivity contribution < 1.29 is 31.7 Å². The van der Waals surface area contributed by atoms with Crippen LogP contribution in [0, 0.1) is 35.6 Å². The molecule has 22 nitrogen and oxygen atoms in total. The summed E-state index contributed by atoms with van der Waals surface area (Å²) in [5.74, 6) is -0.404. The van der Waals surface area contributed by atoms with Crippen LogP contribution in [0.1, 0.15) is 109 Å². The molecule has 1 aliphatic carbocycles. The van der Waals surface area contributed by atoms with Crippen LogP contribution in [-0.4, -0.2) is 167 Å². The Morgan fingerprint density at radius 3 is 1.58 bits per heavy atom. The summed E-state index contributed by atoms with van der Waals surface area (Å²) in [6, 6.07) is 49.9. The van der Waals surface area contributed by atoms with Crippen molar-refractivity contribution in [3.63, 3.8) is 0 Å². The van der Waals surface area contributed by atoms with Crippen molar-refractivity contribution >= 4 is 85.1 Å². The van der Waals surface area contributed by atoms with Crippen LogP contribution in [-0.2, 0) is 41.3 Å². The maximum Gasteiger partial charge on any atom is 0.269 e. The first kappa shape index (κ1) is 77.9. The zero-order chi connectivity index (χ0) is 76.8. The highest BCUT2D eigenvalue weighted by atomic mass is 35.5. The molecule has 0 spiro atoms. The van der Waals surface area contributed by atoms with Gasteiger partial charge in [0, 0.05) is 148 Å². The number of nitro benzene ring substituents is 1. The van der Waals surface area contributed by atoms with E-state index in [1.54, 1.807) is 55.7 Å². The number of ketones is 1. The molecule has 4 N–H and O–H groups in total. The van der Waals surface area contributed by atoms with Gasteiger partial charge in [0.2, 0.25) is 17.8 Å². The largest absolute Gasteiger partial charge is 0.369 e. The van der Waals surface area contributed by atoms with Crippen molar-refractivity contribution in [1.82, 2.24) is 49.9 Å². The van der Waals surface area contributed by atoms with Crippen LogP contribution in [0.15, 0.2) is 182 Å². The SMILES string of the molecule is CN1CCN(c2ccc(Nc3ncc(F)c(Cc4ccc(C(=O)Cc5ccccc5)cc4)n3)cc2)CC1.Cc1cnc(Nc2ccc(C(=O)NC3CCN(C)CC3)c(F)c2)nc1Cc1ccc(Cl)c(CS(=O)(=O)C2(C)CC2)c1.Cc1cnc(Nc2ccc(N3CCN(C)CC3)cc2)nc1Cc1cccc([N+](=O)[O-])c1. The van der Waals surface area contributed by atoms with E-state index in [1.807, 2.05) is 106 Å². The summed E-state index contributed by atoms with van der Waals surface area (Å²) in [6.07, 6.45) is 9.30. The first-order valence-electron chi connectivity index (χ1n) is 36.7. The Balaban J connectivity index is 0.000000154. The Bertz CT molecular complexity index is 4950. The Hall–Kier alpha value is -10.7. The molecule has 26 heteroatoms. The minimum Gasteiger partial charge on any atom is -0.369 e. The van der Waals surface area contributed by atoms with Gasteiger partial charge in [-0.3, -0.25) is 19.7 Å². The molecule has 3 aliphatic heterocycles. The number of sulfone groups is 1. The third-order valence-corrected chi connectivity index (χ3v) is 23.3. The van der Waals surface area contributed by atoms with Gasteiger partial charge in [0.1, 0.15) is 5.82 Å². The fourth-order valence-corrected chi connectivity index (χ4v) is 15.0. The first-order valence-corrected chi connectivity index (χ1v) is 38.7. The number of non-ortho nitro benzene ring substituents is 1. The zero-order valence-corrected chi connectivity index (χ0v) is 63.8. The van der Waals surface area contributed by atoms with E-state index in [2.05, 4.69) is 114 Å². The number of piperidine rings is 1. The van der Waals surface area contributed by atoms with Crippen LogP contribution in [0.25, 0.3) is 0 Å². The van der Waals surface area contributed by atoms with E-state index in [-0.39, 0.29) is 39.7 Å². The van der Waals surface area contributed by atoms with Crippen molar-refractivity contribution in [1.29, 1.82) is 0 Å². The number of carbonyl (C=O) groups is 2. The van der Waals surface area contributed by atoms with Gasteiger partial charge < -0.3 is 45.8 Å². The minimum atomic E-state index is -3.30. The zero-order valence-electron chi connectivity index (χ0n) is 62.2. The van der Waals surface area contributed by atoms with Gasteiger partial charge in [0.25, 0.3) is 11.6 Å². The Morgan fingerprint density at radius 2 is 1.04 bits per heavy atom. The first-order chi connectivity index (χ1) is 52.4. The fraction of sp³-hybridized carbons (Fsp3) is 0.325. The molecule has 1 saturated carbocycles. The lowest BCUT2D eigenvalue weighted by Crippen LogP contribution is -2.44. The van der Waals surface area contributed by atoms with Crippen molar-refractivity contribution in [2.24, 2.45) is 0 Å². The molecule has 1 amide bonds. The van der Waals surface area contributed by atoms with E-state index in [1.165, 1.54) is 35.8 Å². The van der Waals surface area contributed by atoms with Gasteiger partial charge >= 0.3 is 0 Å². The molecule has 10 aromatic rings. The number of aryl methyl sites for hydroxylation is 2. The van der Waals surface area contributed by atoms with E-state index < -0.39 is 32.1 Å². The molecule has 566 valence electrons. The van der Waals surface area contributed by atoms with Gasteiger partial charge in [0.05, 0.1) is 44.3 Å². The van der Waals surface area contributed by atoms with Gasteiger partial charge in [0.15, 0.2) is 21.4 Å². The second-order valence-electron chi connectivity index (χ2n) is 28.8. The van der Waals surface area contributed by atoms with Crippen LogP contribution in [0.2, 0.25) is 5.02 Å². The van der Waals surface area contributed by atoms with Crippen molar-refractivity contribution in [3.8, 4) is 0 Å². The fourth-order valence-electron chi connectivity index (χ4n) is 13.0. The smallest absolute Gasteiger partial charge is 0.269 e. The topological polar surface area (TPSA) is 253 Å². The summed E-state index contributed by atoms with van der Waals surface area (Å²) in [6.45, 7) is 15.8. The number of halogens is 3. The number of nitro groups is 1. The maximum atomic E-state index is 14.9. The molecular weight excluding hydrogens is 1420 g/mol. The summed E-state index contributed by atoms with van der Waals surface area (Å²) < 4.78 is 54.4. The monoisotopic (exact) mass is 1510 g/mol. The van der Waals surface area contributed by atoms with Gasteiger partial charge in [-0.1, -0.05) is 90.5 Å². The number of aromatic nitrogens is 6. The normalized spacial score (nSPS) is 15.3. The summed E-state index contributed by atoms with van der Waals surface area (Å²) in [7, 11) is 3.04. The number of hydrogen-bond acceptors (Lipinski definition) is 20. The van der Waals surface area contributed by atoms with Gasteiger partial charge in [-0.25, -0.2) is 47.1 Å². The van der Waals surface area contributed by atoms with Crippen molar-refractivity contribution in [3.05, 3.63) is 276 Å². The summed E-state index contributed by atoms with van der Waals surface area (Å²) in [5.41, 5.74) is 13.1. The summed E-state index contributed by atoms with van der Waals surface area (Å²) in [4.78, 5) is 74.1. The molecule has 0 unspecified atom stereocenters. The van der Waals surface area contributed by atoms with Crippen LogP contribution >= 0.6 is 11.6 Å². The highest BCUT2D eigenvalue weighted by Crippen LogP contribution is 2.45. The van der Waals surface area contributed by atoms with E-state index in [0.29, 0.717) is 78.0 Å². The number of hydrogen-bond donors (Lipinski definition) is 4. The van der Waals surface area contributed by atoms with E-state index in [4.69, 9.17) is 11.6 Å². The quantitative estimate of drug-likeness (QED) is 0.0264. The van der Waals surface area contributed by atoms with Crippen LogP contribution in [0.5, 0.6) is 0 Å².